The zero-order chi connectivity index (χ0) is 17.6. The van der Waals surface area contributed by atoms with Crippen LogP contribution in [0.15, 0.2) is 4.99 Å². The Morgan fingerprint density at radius 2 is 1.91 bits per heavy atom. The summed E-state index contributed by atoms with van der Waals surface area (Å²) in [7, 11) is 0. The third kappa shape index (κ3) is 7.20. The maximum absolute atomic E-state index is 12.1. The summed E-state index contributed by atoms with van der Waals surface area (Å²) < 4.78 is 5.43. The van der Waals surface area contributed by atoms with Gasteiger partial charge in [0.2, 0.25) is 0 Å². The Hall–Kier alpha value is -1.30. The minimum Gasteiger partial charge on any atom is -0.444 e. The van der Waals surface area contributed by atoms with Crippen LogP contribution >= 0.6 is 0 Å². The van der Waals surface area contributed by atoms with Crippen molar-refractivity contribution in [1.29, 1.82) is 0 Å². The Labute approximate surface area is 141 Å². The number of carbonyl (C=O) groups excluding carboxylic acids is 1. The summed E-state index contributed by atoms with van der Waals surface area (Å²) in [6.45, 7) is 18.0. The number of ether oxygens (including phenoxy) is 1. The van der Waals surface area contributed by atoms with E-state index in [2.05, 4.69) is 42.9 Å². The third-order valence-corrected chi connectivity index (χ3v) is 3.69. The van der Waals surface area contributed by atoms with Crippen LogP contribution in [-0.2, 0) is 4.74 Å². The van der Waals surface area contributed by atoms with Gasteiger partial charge in [0.05, 0.1) is 13.1 Å². The lowest BCUT2D eigenvalue weighted by atomic mass is 10.2. The third-order valence-electron chi connectivity index (χ3n) is 3.69. The Kier molecular flexibility index (Phi) is 7.32. The van der Waals surface area contributed by atoms with Crippen molar-refractivity contribution >= 4 is 11.9 Å². The van der Waals surface area contributed by atoms with Gasteiger partial charge in [0.15, 0.2) is 0 Å². The number of hydrogen-bond donors (Lipinski definition) is 1. The zero-order valence-corrected chi connectivity index (χ0v) is 15.8. The van der Waals surface area contributed by atoms with Gasteiger partial charge in [-0.3, -0.25) is 14.8 Å². The van der Waals surface area contributed by atoms with Crippen LogP contribution in [-0.4, -0.2) is 72.1 Å². The van der Waals surface area contributed by atoms with E-state index in [0.717, 1.165) is 18.9 Å². The molecule has 0 aromatic carbocycles. The van der Waals surface area contributed by atoms with Crippen LogP contribution in [0.1, 0.15) is 48.5 Å². The standard InChI is InChI=1S/C17H34N4O2/c1-13(2)21(14(3)4)11-9-19-15-12-20(10-8-18-15)16(22)23-17(5,6)7/h13-14H,8-12H2,1-7H3,(H,18,19). The molecule has 6 nitrogen and oxygen atoms in total. The zero-order valence-electron chi connectivity index (χ0n) is 15.8. The number of aliphatic imine (C=N–C) groups is 1. The average molecular weight is 326 g/mol. The lowest BCUT2D eigenvalue weighted by Crippen LogP contribution is -2.49. The molecule has 23 heavy (non-hydrogen) atoms. The van der Waals surface area contributed by atoms with Gasteiger partial charge in [-0.1, -0.05) is 0 Å². The van der Waals surface area contributed by atoms with Crippen LogP contribution in [0.2, 0.25) is 0 Å². The molecular weight excluding hydrogens is 292 g/mol. The van der Waals surface area contributed by atoms with Crippen LogP contribution in [0.3, 0.4) is 0 Å². The normalized spacial score (nSPS) is 16.1. The van der Waals surface area contributed by atoms with Crippen molar-refractivity contribution in [2.75, 3.05) is 32.7 Å². The Balaban J connectivity index is 2.44. The predicted molar refractivity (Wildman–Crippen MR) is 95.1 cm³/mol. The Morgan fingerprint density at radius 1 is 1.30 bits per heavy atom. The Bertz CT molecular complexity index is 405. The summed E-state index contributed by atoms with van der Waals surface area (Å²) in [4.78, 5) is 20.8. The summed E-state index contributed by atoms with van der Waals surface area (Å²) in [6, 6.07) is 1.03. The summed E-state index contributed by atoms with van der Waals surface area (Å²) in [5.74, 6) is 0.870. The summed E-state index contributed by atoms with van der Waals surface area (Å²) >= 11 is 0. The lowest BCUT2D eigenvalue weighted by molar-refractivity contribution is 0.0276. The van der Waals surface area contributed by atoms with Crippen molar-refractivity contribution in [2.24, 2.45) is 4.99 Å². The van der Waals surface area contributed by atoms with E-state index in [1.165, 1.54) is 0 Å². The first kappa shape index (κ1) is 19.7. The van der Waals surface area contributed by atoms with E-state index in [-0.39, 0.29) is 6.09 Å². The first-order valence-corrected chi connectivity index (χ1v) is 8.61. The van der Waals surface area contributed by atoms with Gasteiger partial charge in [-0.2, -0.15) is 0 Å². The van der Waals surface area contributed by atoms with Gasteiger partial charge >= 0.3 is 6.09 Å². The van der Waals surface area contributed by atoms with Gasteiger partial charge in [0, 0.05) is 31.7 Å². The van der Waals surface area contributed by atoms with Gasteiger partial charge in [-0.05, 0) is 48.5 Å². The Morgan fingerprint density at radius 3 is 2.43 bits per heavy atom. The van der Waals surface area contributed by atoms with E-state index in [0.29, 0.717) is 31.7 Å². The molecule has 1 amide bonds. The SMILES string of the molecule is CC(C)N(CCNC1=NCCN(C(=O)OC(C)(C)C)C1)C(C)C. The highest BCUT2D eigenvalue weighted by Gasteiger charge is 2.25. The van der Waals surface area contributed by atoms with Crippen molar-refractivity contribution in [3.63, 3.8) is 0 Å². The molecule has 0 aromatic rings. The van der Waals surface area contributed by atoms with E-state index in [9.17, 15) is 4.79 Å². The second-order valence-corrected chi connectivity index (χ2v) is 7.58. The van der Waals surface area contributed by atoms with Crippen molar-refractivity contribution in [3.05, 3.63) is 0 Å². The number of amidine groups is 1. The van der Waals surface area contributed by atoms with E-state index >= 15 is 0 Å². The molecule has 0 saturated carbocycles. The predicted octanol–water partition coefficient (Wildman–Crippen LogP) is 2.34. The second kappa shape index (κ2) is 8.52. The number of rotatable bonds is 5. The number of nitrogens with zero attached hydrogens (tertiary/aromatic N) is 3. The van der Waals surface area contributed by atoms with E-state index in [4.69, 9.17) is 4.74 Å². The van der Waals surface area contributed by atoms with Crippen LogP contribution in [0.25, 0.3) is 0 Å². The van der Waals surface area contributed by atoms with Crippen LogP contribution in [0.5, 0.6) is 0 Å². The van der Waals surface area contributed by atoms with Crippen molar-refractivity contribution in [2.45, 2.75) is 66.2 Å². The highest BCUT2D eigenvalue weighted by Crippen LogP contribution is 2.11. The fourth-order valence-corrected chi connectivity index (χ4v) is 2.65. The molecule has 0 saturated heterocycles. The maximum atomic E-state index is 12.1. The average Bonchev–Trinajstić information content (AvgIpc) is 2.41. The molecule has 1 aliphatic heterocycles. The smallest absolute Gasteiger partial charge is 0.410 e. The van der Waals surface area contributed by atoms with Gasteiger partial charge in [-0.15, -0.1) is 0 Å². The maximum Gasteiger partial charge on any atom is 0.410 e. The summed E-state index contributed by atoms with van der Waals surface area (Å²) in [6.07, 6.45) is -0.266. The molecule has 1 N–H and O–H groups in total. The number of nitrogens with one attached hydrogen (secondary N) is 1. The molecule has 1 aliphatic rings. The molecule has 0 spiro atoms. The highest BCUT2D eigenvalue weighted by molar-refractivity contribution is 5.87. The first-order valence-electron chi connectivity index (χ1n) is 8.61. The number of amides is 1. The molecule has 0 bridgehead atoms. The van der Waals surface area contributed by atoms with E-state index in [1.54, 1.807) is 4.90 Å². The van der Waals surface area contributed by atoms with Crippen molar-refractivity contribution in [3.8, 4) is 0 Å². The molecule has 6 heteroatoms. The van der Waals surface area contributed by atoms with Crippen LogP contribution < -0.4 is 5.32 Å². The molecule has 0 atom stereocenters. The number of hydrogen-bond acceptors (Lipinski definition) is 5. The largest absolute Gasteiger partial charge is 0.444 e. The molecule has 0 aromatic heterocycles. The molecule has 134 valence electrons. The minimum absolute atomic E-state index is 0.266. The van der Waals surface area contributed by atoms with Gasteiger partial charge < -0.3 is 10.1 Å². The van der Waals surface area contributed by atoms with E-state index in [1.807, 2.05) is 20.8 Å². The molecule has 0 fully saturated rings. The number of carbonyl (C=O) groups is 1. The van der Waals surface area contributed by atoms with Crippen molar-refractivity contribution < 1.29 is 9.53 Å². The monoisotopic (exact) mass is 326 g/mol. The van der Waals surface area contributed by atoms with Gasteiger partial charge in [0.1, 0.15) is 11.4 Å². The van der Waals surface area contributed by atoms with Gasteiger partial charge in [0.25, 0.3) is 0 Å². The second-order valence-electron chi connectivity index (χ2n) is 7.58. The topological polar surface area (TPSA) is 57.2 Å². The molecule has 0 aliphatic carbocycles. The molecule has 0 unspecified atom stereocenters. The van der Waals surface area contributed by atoms with Crippen LogP contribution in [0.4, 0.5) is 4.79 Å². The lowest BCUT2D eigenvalue weighted by Gasteiger charge is -2.32. The molecular formula is C17H34N4O2. The molecule has 1 rings (SSSR count). The summed E-state index contributed by atoms with van der Waals surface area (Å²) in [5, 5.41) is 3.37. The van der Waals surface area contributed by atoms with Gasteiger partial charge in [-0.25, -0.2) is 4.79 Å². The molecule has 0 radical (unpaired) electrons. The first-order chi connectivity index (χ1) is 10.6. The van der Waals surface area contributed by atoms with E-state index < -0.39 is 5.60 Å². The quantitative estimate of drug-likeness (QED) is 0.842. The van der Waals surface area contributed by atoms with Crippen LogP contribution in [0, 0.1) is 0 Å². The minimum atomic E-state index is -0.464. The fraction of sp³-hybridized carbons (Fsp3) is 0.882. The van der Waals surface area contributed by atoms with Crippen molar-refractivity contribution in [1.82, 2.24) is 15.1 Å². The fourth-order valence-electron chi connectivity index (χ4n) is 2.65. The summed E-state index contributed by atoms with van der Waals surface area (Å²) in [5.41, 5.74) is -0.464. The highest BCUT2D eigenvalue weighted by atomic mass is 16.6. The molecule has 1 heterocycles.